The van der Waals surface area contributed by atoms with Crippen molar-refractivity contribution in [2.75, 3.05) is 13.3 Å². The zero-order valence-corrected chi connectivity index (χ0v) is 15.6. The molecule has 0 aliphatic carbocycles. The molecule has 3 nitrogen and oxygen atoms in total. The molecule has 132 valence electrons. The van der Waals surface area contributed by atoms with Gasteiger partial charge in [-0.1, -0.05) is 54.6 Å². The number of carboxylic acid groups (broad SMARTS) is 1. The molecule has 0 heterocycles. The van der Waals surface area contributed by atoms with Crippen LogP contribution in [0.2, 0.25) is 0 Å². The normalized spacial score (nSPS) is 12.5. The van der Waals surface area contributed by atoms with Crippen LogP contribution in [0.1, 0.15) is 0 Å². The number of hydrogen-bond acceptors (Lipinski definition) is 2. The molecule has 0 bridgehead atoms. The van der Waals surface area contributed by atoms with E-state index < -0.39 is 19.3 Å². The van der Waals surface area contributed by atoms with Crippen LogP contribution in [-0.2, 0) is 9.53 Å². The lowest BCUT2D eigenvalue weighted by Crippen LogP contribution is -2.40. The Bertz CT molecular complexity index is 738. The number of carbonyl (C=O) groups is 1. The number of methoxy groups -OCH3 is 1. The highest BCUT2D eigenvalue weighted by atomic mass is 31.2. The third-order valence-electron chi connectivity index (χ3n) is 4.59. The number of aliphatic carboxylic acids is 1. The molecule has 4 heteroatoms. The van der Waals surface area contributed by atoms with E-state index in [1.54, 1.807) is 0 Å². The highest BCUT2D eigenvalue weighted by molar-refractivity contribution is 7.95. The SMILES string of the molecule is COC(C[P+](c1ccccc1)(c1ccccc1)c1ccccc1)C(=O)O. The average Bonchev–Trinajstić information content (AvgIpc) is 2.71. The van der Waals surface area contributed by atoms with E-state index in [1.807, 2.05) is 54.6 Å². The van der Waals surface area contributed by atoms with Gasteiger partial charge in [-0.2, -0.15) is 0 Å². The van der Waals surface area contributed by atoms with E-state index in [0.717, 1.165) is 15.9 Å². The quantitative estimate of drug-likeness (QED) is 0.655. The molecule has 26 heavy (non-hydrogen) atoms. The van der Waals surface area contributed by atoms with Crippen LogP contribution in [0.5, 0.6) is 0 Å². The summed E-state index contributed by atoms with van der Waals surface area (Å²) in [6.45, 7) is 0. The van der Waals surface area contributed by atoms with Crippen molar-refractivity contribution in [1.29, 1.82) is 0 Å². The molecule has 1 unspecified atom stereocenters. The van der Waals surface area contributed by atoms with Crippen LogP contribution < -0.4 is 15.9 Å². The van der Waals surface area contributed by atoms with E-state index in [9.17, 15) is 9.90 Å². The lowest BCUT2D eigenvalue weighted by Gasteiger charge is -2.29. The van der Waals surface area contributed by atoms with E-state index >= 15 is 0 Å². The molecule has 0 saturated heterocycles. The van der Waals surface area contributed by atoms with Crippen molar-refractivity contribution in [3.63, 3.8) is 0 Å². The Labute approximate surface area is 154 Å². The molecule has 0 fully saturated rings. The molecule has 1 N–H and O–H groups in total. The summed E-state index contributed by atoms with van der Waals surface area (Å²) >= 11 is 0. The van der Waals surface area contributed by atoms with Gasteiger partial charge < -0.3 is 9.84 Å². The van der Waals surface area contributed by atoms with Crippen LogP contribution in [0.3, 0.4) is 0 Å². The monoisotopic (exact) mass is 365 g/mol. The first-order chi connectivity index (χ1) is 12.7. The molecule has 0 spiro atoms. The molecule has 3 aromatic carbocycles. The fourth-order valence-corrected chi connectivity index (χ4v) is 7.69. The van der Waals surface area contributed by atoms with Gasteiger partial charge in [0, 0.05) is 7.11 Å². The standard InChI is InChI=1S/C22H21O3P/c1-25-21(22(23)24)17-26(18-11-5-2-6-12-18,19-13-7-3-8-14-19)20-15-9-4-10-16-20/h2-16,21H,17H2,1H3/p+1. The smallest absolute Gasteiger partial charge is 0.336 e. The van der Waals surface area contributed by atoms with Gasteiger partial charge in [0.15, 0.2) is 6.10 Å². The Balaban J connectivity index is 2.29. The number of carboxylic acids is 1. The van der Waals surface area contributed by atoms with E-state index in [-0.39, 0.29) is 0 Å². The number of rotatable bonds is 7. The lowest BCUT2D eigenvalue weighted by atomic mass is 10.3. The van der Waals surface area contributed by atoms with Crippen LogP contribution in [0.4, 0.5) is 0 Å². The maximum Gasteiger partial charge on any atom is 0.336 e. The van der Waals surface area contributed by atoms with Crippen molar-refractivity contribution in [2.24, 2.45) is 0 Å². The van der Waals surface area contributed by atoms with Crippen LogP contribution in [0.25, 0.3) is 0 Å². The minimum atomic E-state index is -2.19. The van der Waals surface area contributed by atoms with Crippen LogP contribution in [0, 0.1) is 0 Å². The summed E-state index contributed by atoms with van der Waals surface area (Å²) in [5, 5.41) is 13.1. The van der Waals surface area contributed by atoms with Gasteiger partial charge in [0.25, 0.3) is 0 Å². The number of benzene rings is 3. The molecule has 1 atom stereocenters. The molecule has 3 aromatic rings. The summed E-state index contributed by atoms with van der Waals surface area (Å²) in [6.07, 6.45) is -0.458. The van der Waals surface area contributed by atoms with Crippen LogP contribution >= 0.6 is 7.26 Å². The van der Waals surface area contributed by atoms with Crippen molar-refractivity contribution >= 4 is 29.1 Å². The zero-order valence-electron chi connectivity index (χ0n) is 14.7. The fraction of sp³-hybridized carbons (Fsp3) is 0.136. The summed E-state index contributed by atoms with van der Waals surface area (Å²) < 4.78 is 5.36. The predicted molar refractivity (Wildman–Crippen MR) is 108 cm³/mol. The first-order valence-electron chi connectivity index (χ1n) is 8.49. The summed E-state index contributed by atoms with van der Waals surface area (Å²) in [7, 11) is -0.719. The van der Waals surface area contributed by atoms with Crippen molar-refractivity contribution in [1.82, 2.24) is 0 Å². The second kappa shape index (κ2) is 8.27. The molecule has 0 aromatic heterocycles. The van der Waals surface area contributed by atoms with E-state index in [2.05, 4.69) is 36.4 Å². The predicted octanol–water partition coefficient (Wildman–Crippen LogP) is 3.08. The van der Waals surface area contributed by atoms with Gasteiger partial charge >= 0.3 is 5.97 Å². The summed E-state index contributed by atoms with van der Waals surface area (Å²) in [6, 6.07) is 30.6. The summed E-state index contributed by atoms with van der Waals surface area (Å²) in [5.41, 5.74) is 0. The number of ether oxygens (including phenoxy) is 1. The molecule has 0 amide bonds. The first kappa shape index (κ1) is 18.3. The van der Waals surface area contributed by atoms with Crippen molar-refractivity contribution in [3.05, 3.63) is 91.0 Å². The highest BCUT2D eigenvalue weighted by Gasteiger charge is 2.48. The molecule has 0 aliphatic rings. The topological polar surface area (TPSA) is 46.5 Å². The molecule has 3 rings (SSSR count). The van der Waals surface area contributed by atoms with Crippen molar-refractivity contribution < 1.29 is 14.6 Å². The third-order valence-corrected chi connectivity index (χ3v) is 9.01. The van der Waals surface area contributed by atoms with Gasteiger partial charge in [0.1, 0.15) is 29.3 Å². The summed E-state index contributed by atoms with van der Waals surface area (Å²) in [5.74, 6) is -0.931. The summed E-state index contributed by atoms with van der Waals surface area (Å²) in [4.78, 5) is 11.8. The Morgan fingerprint density at radius 2 is 1.15 bits per heavy atom. The minimum absolute atomic E-state index is 0.414. The van der Waals surface area contributed by atoms with Gasteiger partial charge in [-0.3, -0.25) is 0 Å². The Morgan fingerprint density at radius 1 is 0.808 bits per heavy atom. The van der Waals surface area contributed by atoms with Gasteiger partial charge in [0.05, 0.1) is 0 Å². The second-order valence-electron chi connectivity index (χ2n) is 6.06. The molecular formula is C22H22O3P+. The molecule has 0 saturated carbocycles. The first-order valence-corrected chi connectivity index (χ1v) is 10.5. The van der Waals surface area contributed by atoms with E-state index in [4.69, 9.17) is 4.74 Å². The second-order valence-corrected chi connectivity index (χ2v) is 9.60. The highest BCUT2D eigenvalue weighted by Crippen LogP contribution is 2.55. The van der Waals surface area contributed by atoms with Gasteiger partial charge in [-0.05, 0) is 36.4 Å². The number of hydrogen-bond donors (Lipinski definition) is 1. The van der Waals surface area contributed by atoms with Gasteiger partial charge in [0.2, 0.25) is 0 Å². The maximum atomic E-state index is 11.8. The Morgan fingerprint density at radius 3 is 1.42 bits per heavy atom. The molecule has 0 aliphatic heterocycles. The van der Waals surface area contributed by atoms with Crippen molar-refractivity contribution in [3.8, 4) is 0 Å². The van der Waals surface area contributed by atoms with Gasteiger partial charge in [-0.25, -0.2) is 4.79 Å². The minimum Gasteiger partial charge on any atom is -0.479 e. The van der Waals surface area contributed by atoms with Crippen molar-refractivity contribution in [2.45, 2.75) is 6.10 Å². The van der Waals surface area contributed by atoms with Crippen LogP contribution in [0.15, 0.2) is 91.0 Å². The average molecular weight is 365 g/mol. The molecule has 0 radical (unpaired) electrons. The fourth-order valence-electron chi connectivity index (χ4n) is 3.31. The maximum absolute atomic E-state index is 11.8. The van der Waals surface area contributed by atoms with E-state index in [1.165, 1.54) is 7.11 Å². The lowest BCUT2D eigenvalue weighted by molar-refractivity contribution is -0.147. The molecular weight excluding hydrogens is 343 g/mol. The van der Waals surface area contributed by atoms with E-state index in [0.29, 0.717) is 6.16 Å². The van der Waals surface area contributed by atoms with Crippen LogP contribution in [-0.4, -0.2) is 30.5 Å². The zero-order chi connectivity index (χ0) is 18.4. The van der Waals surface area contributed by atoms with Gasteiger partial charge in [-0.15, -0.1) is 0 Å². The Hall–Kier alpha value is -2.48. The largest absolute Gasteiger partial charge is 0.479 e. The Kier molecular flexibility index (Phi) is 5.82. The third kappa shape index (κ3) is 3.55.